The van der Waals surface area contributed by atoms with Crippen molar-refractivity contribution in [1.82, 2.24) is 9.13 Å². The van der Waals surface area contributed by atoms with E-state index in [2.05, 4.69) is 0 Å². The number of halogens is 4. The minimum atomic E-state index is -1.05. The van der Waals surface area contributed by atoms with Gasteiger partial charge < -0.3 is 37.9 Å². The van der Waals surface area contributed by atoms with Gasteiger partial charge in [0.15, 0.2) is 6.23 Å². The molecule has 4 aromatic rings. The normalized spacial score (nSPS) is 18.3. The molecule has 0 bridgehead atoms. The lowest BCUT2D eigenvalue weighted by Gasteiger charge is -2.26. The summed E-state index contributed by atoms with van der Waals surface area (Å²) in [6, 6.07) is 19.7. The van der Waals surface area contributed by atoms with Crippen molar-refractivity contribution in [3.8, 4) is 0 Å². The van der Waals surface area contributed by atoms with Crippen molar-refractivity contribution in [3.63, 3.8) is 0 Å². The molecule has 1 saturated heterocycles. The van der Waals surface area contributed by atoms with E-state index in [1.165, 1.54) is 10.8 Å². The van der Waals surface area contributed by atoms with Gasteiger partial charge in [-0.05, 0) is 47.9 Å². The number of ether oxygens (including phenoxy) is 8. The number of aryl methyl sites for hydroxylation is 1. The van der Waals surface area contributed by atoms with Crippen LogP contribution in [0.1, 0.15) is 28.5 Å². The van der Waals surface area contributed by atoms with Gasteiger partial charge in [0, 0.05) is 39.0 Å². The highest BCUT2D eigenvalue weighted by Crippen LogP contribution is 2.35. The van der Waals surface area contributed by atoms with E-state index in [0.717, 1.165) is 15.7 Å². The number of hydrogen-bond donors (Lipinski definition) is 0. The second-order valence-corrected chi connectivity index (χ2v) is 14.3. The van der Waals surface area contributed by atoms with Gasteiger partial charge in [0.1, 0.15) is 25.0 Å². The first-order valence-electron chi connectivity index (χ1n) is 17.6. The van der Waals surface area contributed by atoms with Gasteiger partial charge in [0.05, 0.1) is 66.1 Å². The molecule has 1 fully saturated rings. The number of rotatable bonds is 22. The summed E-state index contributed by atoms with van der Waals surface area (Å²) < 4.78 is 50.1. The summed E-state index contributed by atoms with van der Waals surface area (Å²) in [6.45, 7) is 3.75. The Morgan fingerprint density at radius 2 is 1.33 bits per heavy atom. The molecule has 1 aliphatic rings. The fourth-order valence-electron chi connectivity index (χ4n) is 5.78. The minimum Gasteiger partial charge on any atom is -0.382 e. The molecule has 0 spiro atoms. The van der Waals surface area contributed by atoms with E-state index in [9.17, 15) is 9.59 Å². The fraction of sp³-hybridized carbons (Fsp3) is 0.436. The lowest BCUT2D eigenvalue weighted by Crippen LogP contribution is -2.45. The number of methoxy groups -OCH3 is 1. The van der Waals surface area contributed by atoms with E-state index in [4.69, 9.17) is 84.3 Å². The molecular formula is C39H44Cl4N2O10. The van der Waals surface area contributed by atoms with Crippen molar-refractivity contribution < 1.29 is 37.9 Å². The molecule has 1 aliphatic heterocycles. The topological polar surface area (TPSA) is 118 Å². The number of nitrogens with zero attached hydrogens (tertiary/aromatic N) is 2. The van der Waals surface area contributed by atoms with Crippen LogP contribution in [0, 0.1) is 6.92 Å². The van der Waals surface area contributed by atoms with Gasteiger partial charge in [0.2, 0.25) is 0 Å². The fourth-order valence-corrected chi connectivity index (χ4v) is 6.71. The molecule has 298 valence electrons. The van der Waals surface area contributed by atoms with Crippen LogP contribution in [0.2, 0.25) is 20.1 Å². The third-order valence-electron chi connectivity index (χ3n) is 8.60. The molecule has 0 unspecified atom stereocenters. The van der Waals surface area contributed by atoms with E-state index < -0.39 is 35.8 Å². The summed E-state index contributed by atoms with van der Waals surface area (Å²) in [4.78, 5) is 27.4. The standard InChI is InChI=1S/C39H44Cl4N2O10/c1-26-20-44(39(47)45(37(26)46)25-52-21-27-6-4-3-5-7-27)38-36(53-17-16-50-15-14-49-13-12-48-2)35(54-23-29-9-11-31(41)19-33(29)43)34(55-38)24-51-22-28-8-10-30(40)18-32(28)42/h3-11,18-20,34-36,38H,12-17,21-25H2,1-2H3/t34-,35-,36-,38-/m1/s1. The first kappa shape index (κ1) is 43.3. The van der Waals surface area contributed by atoms with E-state index in [0.29, 0.717) is 57.6 Å². The largest absolute Gasteiger partial charge is 0.382 e. The average Bonchev–Trinajstić information content (AvgIpc) is 3.51. The van der Waals surface area contributed by atoms with E-state index in [-0.39, 0.29) is 46.4 Å². The van der Waals surface area contributed by atoms with Crippen LogP contribution in [0.3, 0.4) is 0 Å². The maximum Gasteiger partial charge on any atom is 0.335 e. The van der Waals surface area contributed by atoms with Crippen molar-refractivity contribution >= 4 is 46.4 Å². The summed E-state index contributed by atoms with van der Waals surface area (Å²) in [6.07, 6.45) is -2.03. The van der Waals surface area contributed by atoms with Crippen LogP contribution in [0.4, 0.5) is 0 Å². The molecule has 3 aromatic carbocycles. The van der Waals surface area contributed by atoms with E-state index in [1.54, 1.807) is 50.4 Å². The van der Waals surface area contributed by atoms with Gasteiger partial charge in [-0.15, -0.1) is 0 Å². The smallest absolute Gasteiger partial charge is 0.335 e. The molecule has 0 saturated carbocycles. The van der Waals surface area contributed by atoms with Crippen molar-refractivity contribution in [3.05, 3.63) is 136 Å². The van der Waals surface area contributed by atoms with E-state index >= 15 is 0 Å². The van der Waals surface area contributed by atoms with Crippen LogP contribution in [0.5, 0.6) is 0 Å². The van der Waals surface area contributed by atoms with Crippen LogP contribution >= 0.6 is 46.4 Å². The molecule has 0 aliphatic carbocycles. The Balaban J connectivity index is 1.41. The Labute approximate surface area is 339 Å². The molecule has 55 heavy (non-hydrogen) atoms. The van der Waals surface area contributed by atoms with Gasteiger partial charge in [-0.1, -0.05) is 88.9 Å². The van der Waals surface area contributed by atoms with Gasteiger partial charge in [-0.3, -0.25) is 9.36 Å². The Kier molecular flexibility index (Phi) is 17.5. The van der Waals surface area contributed by atoms with Gasteiger partial charge in [-0.2, -0.15) is 0 Å². The van der Waals surface area contributed by atoms with Crippen molar-refractivity contribution in [1.29, 1.82) is 0 Å². The number of hydrogen-bond acceptors (Lipinski definition) is 10. The van der Waals surface area contributed by atoms with Crippen LogP contribution in [0.25, 0.3) is 0 Å². The third-order valence-corrected chi connectivity index (χ3v) is 9.78. The molecular weight excluding hydrogens is 798 g/mol. The summed E-state index contributed by atoms with van der Waals surface area (Å²) in [7, 11) is 1.61. The quantitative estimate of drug-likeness (QED) is 0.0777. The average molecular weight is 843 g/mol. The number of benzene rings is 3. The molecule has 2 heterocycles. The second kappa shape index (κ2) is 22.2. The molecule has 4 atom stereocenters. The lowest BCUT2D eigenvalue weighted by molar-refractivity contribution is -0.0985. The first-order valence-corrected chi connectivity index (χ1v) is 19.1. The maximum absolute atomic E-state index is 14.1. The van der Waals surface area contributed by atoms with Crippen LogP contribution in [0.15, 0.2) is 82.5 Å². The minimum absolute atomic E-state index is 0.0250. The van der Waals surface area contributed by atoms with Crippen LogP contribution < -0.4 is 11.2 Å². The highest BCUT2D eigenvalue weighted by atomic mass is 35.5. The molecule has 0 N–H and O–H groups in total. The Hall–Kier alpha value is -2.82. The van der Waals surface area contributed by atoms with Crippen molar-refractivity contribution in [2.24, 2.45) is 0 Å². The van der Waals surface area contributed by atoms with Gasteiger partial charge >= 0.3 is 5.69 Å². The zero-order chi connectivity index (χ0) is 39.2. The predicted octanol–water partition coefficient (Wildman–Crippen LogP) is 6.87. The zero-order valence-corrected chi connectivity index (χ0v) is 33.5. The molecule has 5 rings (SSSR count). The monoisotopic (exact) mass is 840 g/mol. The Morgan fingerprint density at radius 1 is 0.691 bits per heavy atom. The molecule has 0 amide bonds. The highest BCUT2D eigenvalue weighted by Gasteiger charge is 2.48. The molecule has 0 radical (unpaired) electrons. The second-order valence-electron chi connectivity index (χ2n) is 12.6. The SMILES string of the molecule is COCCOCCOCCO[C@@H]1[C@H](OCc2ccc(Cl)cc2Cl)[C@@H](COCc2ccc(Cl)cc2Cl)O[C@H]1n1cc(C)c(=O)n(COCc2ccccc2)c1=O. The molecule has 12 nitrogen and oxygen atoms in total. The summed E-state index contributed by atoms with van der Waals surface area (Å²) in [5.41, 5.74) is 1.44. The lowest BCUT2D eigenvalue weighted by atomic mass is 10.1. The van der Waals surface area contributed by atoms with E-state index in [1.807, 2.05) is 30.3 Å². The summed E-state index contributed by atoms with van der Waals surface area (Å²) in [5.74, 6) is 0. The third kappa shape index (κ3) is 12.6. The first-order chi connectivity index (χ1) is 26.7. The highest BCUT2D eigenvalue weighted by molar-refractivity contribution is 6.35. The summed E-state index contributed by atoms with van der Waals surface area (Å²) >= 11 is 25.2. The van der Waals surface area contributed by atoms with Crippen LogP contribution in [-0.2, 0) is 64.4 Å². The van der Waals surface area contributed by atoms with Crippen molar-refractivity contribution in [2.75, 3.05) is 53.4 Å². The van der Waals surface area contributed by atoms with Crippen molar-refractivity contribution in [2.45, 2.75) is 58.0 Å². The Bertz CT molecular complexity index is 1930. The predicted molar refractivity (Wildman–Crippen MR) is 209 cm³/mol. The molecule has 16 heteroatoms. The molecule has 1 aromatic heterocycles. The van der Waals surface area contributed by atoms with Crippen LogP contribution in [-0.4, -0.2) is 80.8 Å². The summed E-state index contributed by atoms with van der Waals surface area (Å²) in [5, 5.41) is 1.85. The van der Waals surface area contributed by atoms with Gasteiger partial charge in [0.25, 0.3) is 5.56 Å². The number of aromatic nitrogens is 2. The zero-order valence-electron chi connectivity index (χ0n) is 30.5. The maximum atomic E-state index is 14.1. The Morgan fingerprint density at radius 3 is 1.98 bits per heavy atom. The van der Waals surface area contributed by atoms with Gasteiger partial charge in [-0.25, -0.2) is 9.36 Å².